The Labute approximate surface area is 256 Å². The van der Waals surface area contributed by atoms with Crippen molar-refractivity contribution in [1.82, 2.24) is 14.8 Å². The zero-order valence-corrected chi connectivity index (χ0v) is 25.4. The molecule has 2 aliphatic heterocycles. The number of amides is 2. The van der Waals surface area contributed by atoms with Gasteiger partial charge in [0.1, 0.15) is 12.3 Å². The van der Waals surface area contributed by atoms with E-state index in [1.807, 2.05) is 36.4 Å². The number of carbonyl (C=O) groups is 2. The van der Waals surface area contributed by atoms with Crippen LogP contribution in [0.15, 0.2) is 60.9 Å². The van der Waals surface area contributed by atoms with E-state index >= 15 is 0 Å². The highest BCUT2D eigenvalue weighted by Crippen LogP contribution is 2.41. The predicted molar refractivity (Wildman–Crippen MR) is 162 cm³/mol. The van der Waals surface area contributed by atoms with Crippen LogP contribution in [-0.2, 0) is 20.5 Å². The number of nitrogens with zero attached hydrogens (tertiary/aromatic N) is 3. The van der Waals surface area contributed by atoms with Crippen molar-refractivity contribution >= 4 is 23.4 Å². The molecule has 3 heterocycles. The number of hydrogen-bond acceptors (Lipinski definition) is 8. The monoisotopic (exact) mass is 608 g/mol. The van der Waals surface area contributed by atoms with Gasteiger partial charge in [0.15, 0.2) is 11.5 Å². The number of carbonyl (C=O) groups excluding carboxylic acids is 2. The molecule has 0 bridgehead atoms. The van der Waals surface area contributed by atoms with Crippen molar-refractivity contribution in [3.8, 4) is 17.2 Å². The molecule has 11 heteroatoms. The van der Waals surface area contributed by atoms with Gasteiger partial charge in [-0.05, 0) is 73.8 Å². The Morgan fingerprint density at radius 2 is 1.67 bits per heavy atom. The molecule has 0 saturated carbocycles. The molecule has 2 aliphatic rings. The number of halogens is 1. The Hall–Kier alpha value is -3.86. The molecule has 43 heavy (non-hydrogen) atoms. The van der Waals surface area contributed by atoms with Crippen molar-refractivity contribution in [1.29, 1.82) is 0 Å². The molecular weight excluding hydrogens is 572 g/mol. The van der Waals surface area contributed by atoms with Gasteiger partial charge in [-0.3, -0.25) is 14.6 Å². The maximum atomic E-state index is 13.7. The predicted octanol–water partition coefficient (Wildman–Crippen LogP) is 4.00. The van der Waals surface area contributed by atoms with Crippen LogP contribution in [0.4, 0.5) is 0 Å². The molecule has 0 radical (unpaired) electrons. The summed E-state index contributed by atoms with van der Waals surface area (Å²) in [6, 6.07) is 14.6. The smallest absolute Gasteiger partial charge is 0.256 e. The maximum absolute atomic E-state index is 13.7. The highest BCUT2D eigenvalue weighted by Gasteiger charge is 2.45. The minimum Gasteiger partial charge on any atom is -0.493 e. The number of pyridine rings is 1. The Kier molecular flexibility index (Phi) is 9.10. The molecule has 3 aromatic rings. The third-order valence-electron chi connectivity index (χ3n) is 8.74. The standard InChI is InChI=1S/C32H37ClN4O6/c1-40-26-17-22(18-27(41-2)28(26)42-3)29(38)37-20-32(43-21-37,23-6-8-25(33)9-7-23)12-16-36-14-10-31(11-15-36,30(34)39)24-5-4-13-35-19-24/h4-9,13,17-19H,10-12,14-16,20-21H2,1-3H3,(H2,34,39). The van der Waals surface area contributed by atoms with Gasteiger partial charge in [0.25, 0.3) is 5.91 Å². The molecular formula is C32H37ClN4O6. The third kappa shape index (κ3) is 6.00. The van der Waals surface area contributed by atoms with Crippen LogP contribution >= 0.6 is 11.6 Å². The molecule has 228 valence electrons. The number of ether oxygens (including phenoxy) is 4. The van der Waals surface area contributed by atoms with E-state index in [4.69, 9.17) is 36.3 Å². The van der Waals surface area contributed by atoms with E-state index in [0.29, 0.717) is 73.3 Å². The summed E-state index contributed by atoms with van der Waals surface area (Å²) in [5, 5.41) is 0.622. The Morgan fingerprint density at radius 1 is 1.00 bits per heavy atom. The highest BCUT2D eigenvalue weighted by atomic mass is 35.5. The number of benzene rings is 2. The summed E-state index contributed by atoms with van der Waals surface area (Å²) in [5.74, 6) is 0.684. The largest absolute Gasteiger partial charge is 0.493 e. The van der Waals surface area contributed by atoms with E-state index in [1.54, 1.807) is 29.4 Å². The lowest BCUT2D eigenvalue weighted by Gasteiger charge is -2.41. The van der Waals surface area contributed by atoms with Gasteiger partial charge >= 0.3 is 0 Å². The number of aromatic nitrogens is 1. The molecule has 0 aliphatic carbocycles. The summed E-state index contributed by atoms with van der Waals surface area (Å²) < 4.78 is 22.8. The second kappa shape index (κ2) is 12.8. The molecule has 10 nitrogen and oxygen atoms in total. The average Bonchev–Trinajstić information content (AvgIpc) is 3.49. The highest BCUT2D eigenvalue weighted by molar-refractivity contribution is 6.30. The first-order valence-electron chi connectivity index (χ1n) is 14.2. The minimum absolute atomic E-state index is 0.115. The molecule has 2 amide bonds. The third-order valence-corrected chi connectivity index (χ3v) is 8.99. The van der Waals surface area contributed by atoms with Crippen LogP contribution in [0.5, 0.6) is 17.2 Å². The summed E-state index contributed by atoms with van der Waals surface area (Å²) in [6.45, 7) is 2.56. The number of piperidine rings is 1. The van der Waals surface area contributed by atoms with Gasteiger partial charge in [-0.1, -0.05) is 29.8 Å². The fourth-order valence-electron chi connectivity index (χ4n) is 6.16. The van der Waals surface area contributed by atoms with Crippen molar-refractivity contribution in [2.75, 3.05) is 54.2 Å². The Balaban J connectivity index is 1.34. The number of nitrogens with two attached hydrogens (primary N) is 1. The quantitative estimate of drug-likeness (QED) is 0.367. The SMILES string of the molecule is COc1cc(C(=O)N2COC(CCN3CCC(C(N)=O)(c4cccnc4)CC3)(c3ccc(Cl)cc3)C2)cc(OC)c1OC. The number of methoxy groups -OCH3 is 3. The average molecular weight is 609 g/mol. The van der Waals surface area contributed by atoms with E-state index in [9.17, 15) is 9.59 Å². The number of primary amides is 1. The summed E-state index contributed by atoms with van der Waals surface area (Å²) in [5.41, 5.74) is 6.66. The first kappa shape index (κ1) is 30.6. The van der Waals surface area contributed by atoms with E-state index in [0.717, 1.165) is 11.1 Å². The summed E-state index contributed by atoms with van der Waals surface area (Å²) in [4.78, 5) is 34.6. The van der Waals surface area contributed by atoms with Crippen LogP contribution in [0.1, 0.15) is 40.7 Å². The van der Waals surface area contributed by atoms with Gasteiger partial charge in [0, 0.05) is 29.5 Å². The second-order valence-corrected chi connectivity index (χ2v) is 11.4. The van der Waals surface area contributed by atoms with Crippen LogP contribution in [-0.4, -0.2) is 80.8 Å². The molecule has 1 unspecified atom stereocenters. The van der Waals surface area contributed by atoms with Gasteiger partial charge in [-0.25, -0.2) is 0 Å². The zero-order chi connectivity index (χ0) is 30.6. The molecule has 1 atom stereocenters. The lowest BCUT2D eigenvalue weighted by Crippen LogP contribution is -2.51. The van der Waals surface area contributed by atoms with E-state index in [2.05, 4.69) is 9.88 Å². The molecule has 1 aromatic heterocycles. The second-order valence-electron chi connectivity index (χ2n) is 11.0. The van der Waals surface area contributed by atoms with Crippen molar-refractivity contribution in [2.24, 2.45) is 5.73 Å². The van der Waals surface area contributed by atoms with E-state index in [1.165, 1.54) is 21.3 Å². The van der Waals surface area contributed by atoms with Crippen molar-refractivity contribution in [3.05, 3.63) is 82.6 Å². The van der Waals surface area contributed by atoms with Crippen LogP contribution in [0.2, 0.25) is 5.02 Å². The number of likely N-dealkylation sites (tertiary alicyclic amines) is 1. The van der Waals surface area contributed by atoms with E-state index < -0.39 is 11.0 Å². The van der Waals surface area contributed by atoms with Gasteiger partial charge in [-0.15, -0.1) is 0 Å². The maximum Gasteiger partial charge on any atom is 0.256 e. The van der Waals surface area contributed by atoms with Gasteiger partial charge < -0.3 is 34.5 Å². The molecule has 2 fully saturated rings. The molecule has 2 N–H and O–H groups in total. The molecule has 5 rings (SSSR count). The van der Waals surface area contributed by atoms with Crippen LogP contribution in [0.25, 0.3) is 0 Å². The van der Waals surface area contributed by atoms with E-state index in [-0.39, 0.29) is 18.5 Å². The minimum atomic E-state index is -0.748. The lowest BCUT2D eigenvalue weighted by atomic mass is 9.72. The Morgan fingerprint density at radius 3 is 2.23 bits per heavy atom. The fraction of sp³-hybridized carbons (Fsp3) is 0.406. The van der Waals surface area contributed by atoms with Gasteiger partial charge in [0.05, 0.1) is 33.3 Å². The molecule has 0 spiro atoms. The van der Waals surface area contributed by atoms with Crippen LogP contribution in [0.3, 0.4) is 0 Å². The topological polar surface area (TPSA) is 116 Å². The van der Waals surface area contributed by atoms with Crippen molar-refractivity contribution in [2.45, 2.75) is 30.3 Å². The summed E-state index contributed by atoms with van der Waals surface area (Å²) in [7, 11) is 4.55. The first-order chi connectivity index (χ1) is 20.7. The van der Waals surface area contributed by atoms with Crippen LogP contribution < -0.4 is 19.9 Å². The first-order valence-corrected chi connectivity index (χ1v) is 14.5. The van der Waals surface area contributed by atoms with Crippen LogP contribution in [0, 0.1) is 0 Å². The van der Waals surface area contributed by atoms with Gasteiger partial charge in [0.2, 0.25) is 11.7 Å². The Bertz CT molecular complexity index is 1420. The van der Waals surface area contributed by atoms with Crippen molar-refractivity contribution < 1.29 is 28.5 Å². The van der Waals surface area contributed by atoms with Crippen molar-refractivity contribution in [3.63, 3.8) is 0 Å². The van der Waals surface area contributed by atoms with Gasteiger partial charge in [-0.2, -0.15) is 0 Å². The summed E-state index contributed by atoms with van der Waals surface area (Å²) in [6.07, 6.45) is 5.27. The molecule has 2 aromatic carbocycles. The zero-order valence-electron chi connectivity index (χ0n) is 24.7. The fourth-order valence-corrected chi connectivity index (χ4v) is 6.29. The molecule has 2 saturated heterocycles. The summed E-state index contributed by atoms with van der Waals surface area (Å²) >= 11 is 6.22. The normalized spacial score (nSPS) is 20.0. The lowest BCUT2D eigenvalue weighted by molar-refractivity contribution is -0.125. The number of rotatable bonds is 10. The number of hydrogen-bond donors (Lipinski definition) is 1.